The number of pyridine rings is 2. The van der Waals surface area contributed by atoms with Gasteiger partial charge in [-0.2, -0.15) is 0 Å². The molecule has 2 aromatic carbocycles. The normalized spacial score (nSPS) is 11.6. The summed E-state index contributed by atoms with van der Waals surface area (Å²) in [6.07, 6.45) is 2.82. The molecule has 0 aliphatic carbocycles. The number of aliphatic carboxylic acids is 1. The fourth-order valence-corrected chi connectivity index (χ4v) is 3.75. The van der Waals surface area contributed by atoms with Crippen molar-refractivity contribution in [1.82, 2.24) is 9.97 Å². The molecule has 162 valence electrons. The number of carboxylic acids is 1. The lowest BCUT2D eigenvalue weighted by atomic mass is 9.86. The molecule has 4 rings (SSSR count). The van der Waals surface area contributed by atoms with Crippen LogP contribution in [0.1, 0.15) is 31.5 Å². The van der Waals surface area contributed by atoms with Crippen LogP contribution >= 0.6 is 0 Å². The van der Waals surface area contributed by atoms with Gasteiger partial charge in [0, 0.05) is 34.9 Å². The maximum absolute atomic E-state index is 11.6. The van der Waals surface area contributed by atoms with Crippen LogP contribution in [0.3, 0.4) is 0 Å². The van der Waals surface area contributed by atoms with Gasteiger partial charge in [0.15, 0.2) is 0 Å². The molecule has 5 heteroatoms. The highest BCUT2D eigenvalue weighted by molar-refractivity contribution is 5.92. The molecule has 5 nitrogen and oxygen atoms in total. The molecule has 2 aromatic heterocycles. The predicted molar refractivity (Wildman–Crippen MR) is 128 cm³/mol. The average molecular weight is 426 g/mol. The summed E-state index contributed by atoms with van der Waals surface area (Å²) in [5.41, 5.74) is 11.7. The van der Waals surface area contributed by atoms with Crippen molar-refractivity contribution in [3.05, 3.63) is 84.2 Å². The van der Waals surface area contributed by atoms with Crippen molar-refractivity contribution in [3.63, 3.8) is 0 Å². The van der Waals surface area contributed by atoms with E-state index in [1.54, 1.807) is 20.0 Å². The molecule has 0 saturated heterocycles. The predicted octanol–water partition coefficient (Wildman–Crippen LogP) is 5.47. The van der Waals surface area contributed by atoms with Crippen molar-refractivity contribution in [2.45, 2.75) is 33.2 Å². The lowest BCUT2D eigenvalue weighted by Gasteiger charge is -2.19. The van der Waals surface area contributed by atoms with Gasteiger partial charge in [-0.15, -0.1) is 0 Å². The Morgan fingerprint density at radius 3 is 2.38 bits per heavy atom. The summed E-state index contributed by atoms with van der Waals surface area (Å²) in [7, 11) is 0. The molecule has 0 saturated carbocycles. The van der Waals surface area contributed by atoms with E-state index in [0.717, 1.165) is 44.5 Å². The van der Waals surface area contributed by atoms with Crippen LogP contribution in [0.2, 0.25) is 0 Å². The third kappa shape index (κ3) is 4.39. The molecule has 2 heterocycles. The van der Waals surface area contributed by atoms with E-state index < -0.39 is 11.4 Å². The second kappa shape index (κ2) is 8.89. The number of carboxylic acid groups (broad SMARTS) is 1. The average Bonchev–Trinajstić information content (AvgIpc) is 2.82. The fourth-order valence-electron chi connectivity index (χ4n) is 3.75. The first-order valence-electron chi connectivity index (χ1n) is 10.8. The smallest absolute Gasteiger partial charge is 0.309 e. The highest BCUT2D eigenvalue weighted by Gasteiger charge is 2.27. The SMILES string of the molecule is CC(C)(CCc1nccc2nc(-c3ccc(CN)cc3)c(-c3ccccc3)cc12)C(=O)O. The summed E-state index contributed by atoms with van der Waals surface area (Å²) >= 11 is 0. The van der Waals surface area contributed by atoms with Crippen LogP contribution in [-0.4, -0.2) is 21.0 Å². The van der Waals surface area contributed by atoms with Gasteiger partial charge in [0.1, 0.15) is 0 Å². The van der Waals surface area contributed by atoms with Crippen LogP contribution in [-0.2, 0) is 17.8 Å². The van der Waals surface area contributed by atoms with Crippen LogP contribution in [0.4, 0.5) is 0 Å². The Kier molecular flexibility index (Phi) is 6.01. The number of rotatable bonds is 7. The topological polar surface area (TPSA) is 89.1 Å². The Hall–Kier alpha value is -3.57. The lowest BCUT2D eigenvalue weighted by molar-refractivity contribution is -0.147. The van der Waals surface area contributed by atoms with Gasteiger partial charge in [-0.3, -0.25) is 9.78 Å². The van der Waals surface area contributed by atoms with E-state index in [1.165, 1.54) is 0 Å². The summed E-state index contributed by atoms with van der Waals surface area (Å²) in [6, 6.07) is 22.4. The van der Waals surface area contributed by atoms with Crippen LogP contribution in [0.15, 0.2) is 72.9 Å². The van der Waals surface area contributed by atoms with E-state index in [-0.39, 0.29) is 0 Å². The van der Waals surface area contributed by atoms with Crippen molar-refractivity contribution < 1.29 is 9.90 Å². The van der Waals surface area contributed by atoms with Crippen LogP contribution in [0, 0.1) is 5.41 Å². The molecule has 0 fully saturated rings. The highest BCUT2D eigenvalue weighted by Crippen LogP contribution is 2.35. The minimum Gasteiger partial charge on any atom is -0.481 e. The molecular weight excluding hydrogens is 398 g/mol. The van der Waals surface area contributed by atoms with Crippen LogP contribution < -0.4 is 5.73 Å². The minimum atomic E-state index is -0.815. The first-order chi connectivity index (χ1) is 15.4. The number of hydrogen-bond donors (Lipinski definition) is 2. The third-order valence-corrected chi connectivity index (χ3v) is 5.94. The number of fused-ring (bicyclic) bond motifs is 1. The summed E-state index contributed by atoms with van der Waals surface area (Å²) in [6.45, 7) is 3.99. The third-order valence-electron chi connectivity index (χ3n) is 5.94. The highest BCUT2D eigenvalue weighted by atomic mass is 16.4. The largest absolute Gasteiger partial charge is 0.481 e. The standard InChI is InChI=1S/C27H27N3O2/c1-27(2,26(31)32)14-12-23-22-16-21(19-6-4-3-5-7-19)25(30-24(22)13-15-29-23)20-10-8-18(17-28)9-11-20/h3-11,13,15-16H,12,14,17,28H2,1-2H3,(H,31,32). The van der Waals surface area contributed by atoms with Crippen molar-refractivity contribution >= 4 is 16.9 Å². The van der Waals surface area contributed by atoms with Gasteiger partial charge in [-0.25, -0.2) is 4.98 Å². The molecule has 0 radical (unpaired) electrons. The molecule has 0 atom stereocenters. The number of carbonyl (C=O) groups is 1. The Morgan fingerprint density at radius 1 is 1.00 bits per heavy atom. The monoisotopic (exact) mass is 425 g/mol. The summed E-state index contributed by atoms with van der Waals surface area (Å²) in [5, 5.41) is 10.4. The number of nitrogens with two attached hydrogens (primary N) is 1. The molecule has 0 bridgehead atoms. The number of aromatic nitrogens is 2. The van der Waals surface area contributed by atoms with Gasteiger partial charge in [0.2, 0.25) is 0 Å². The van der Waals surface area contributed by atoms with Crippen molar-refractivity contribution in [2.75, 3.05) is 0 Å². The Balaban J connectivity index is 1.86. The van der Waals surface area contributed by atoms with E-state index in [0.29, 0.717) is 19.4 Å². The van der Waals surface area contributed by atoms with E-state index in [4.69, 9.17) is 10.7 Å². The van der Waals surface area contributed by atoms with Crippen LogP contribution in [0.25, 0.3) is 33.3 Å². The van der Waals surface area contributed by atoms with E-state index in [1.807, 2.05) is 36.4 Å². The Bertz CT molecular complexity index is 1250. The van der Waals surface area contributed by atoms with Crippen molar-refractivity contribution in [1.29, 1.82) is 0 Å². The van der Waals surface area contributed by atoms with E-state index in [2.05, 4.69) is 35.3 Å². The molecule has 0 spiro atoms. The molecule has 0 aliphatic rings. The summed E-state index contributed by atoms with van der Waals surface area (Å²) in [5.74, 6) is -0.802. The Morgan fingerprint density at radius 2 is 1.72 bits per heavy atom. The first kappa shape index (κ1) is 21.7. The second-order valence-corrected chi connectivity index (χ2v) is 8.66. The molecule has 0 amide bonds. The van der Waals surface area contributed by atoms with E-state index >= 15 is 0 Å². The molecule has 32 heavy (non-hydrogen) atoms. The number of benzene rings is 2. The van der Waals surface area contributed by atoms with Gasteiger partial charge < -0.3 is 10.8 Å². The van der Waals surface area contributed by atoms with Gasteiger partial charge in [-0.1, -0.05) is 54.6 Å². The zero-order valence-corrected chi connectivity index (χ0v) is 18.4. The van der Waals surface area contributed by atoms with E-state index in [9.17, 15) is 9.90 Å². The van der Waals surface area contributed by atoms with Crippen LogP contribution in [0.5, 0.6) is 0 Å². The maximum Gasteiger partial charge on any atom is 0.309 e. The van der Waals surface area contributed by atoms with Gasteiger partial charge >= 0.3 is 5.97 Å². The van der Waals surface area contributed by atoms with Gasteiger partial charge in [-0.05, 0) is 49.9 Å². The Labute approximate surface area is 188 Å². The van der Waals surface area contributed by atoms with Gasteiger partial charge in [0.05, 0.1) is 16.6 Å². The minimum absolute atomic E-state index is 0.497. The fraction of sp³-hybridized carbons (Fsp3) is 0.222. The number of aryl methyl sites for hydroxylation is 1. The summed E-state index contributed by atoms with van der Waals surface area (Å²) in [4.78, 5) is 21.2. The quantitative estimate of drug-likeness (QED) is 0.410. The maximum atomic E-state index is 11.6. The first-order valence-corrected chi connectivity index (χ1v) is 10.8. The second-order valence-electron chi connectivity index (χ2n) is 8.66. The number of hydrogen-bond acceptors (Lipinski definition) is 4. The molecule has 3 N–H and O–H groups in total. The lowest BCUT2D eigenvalue weighted by Crippen LogP contribution is -2.24. The van der Waals surface area contributed by atoms with Crippen molar-refractivity contribution in [2.24, 2.45) is 11.1 Å². The molecular formula is C27H27N3O2. The van der Waals surface area contributed by atoms with Crippen molar-refractivity contribution in [3.8, 4) is 22.4 Å². The molecule has 0 aliphatic heterocycles. The zero-order valence-electron chi connectivity index (χ0n) is 18.4. The summed E-state index contributed by atoms with van der Waals surface area (Å²) < 4.78 is 0. The molecule has 0 unspecified atom stereocenters. The van der Waals surface area contributed by atoms with Gasteiger partial charge in [0.25, 0.3) is 0 Å². The number of nitrogens with zero attached hydrogens (tertiary/aromatic N) is 2. The molecule has 4 aromatic rings. The zero-order chi connectivity index (χ0) is 22.7.